The van der Waals surface area contributed by atoms with Crippen molar-refractivity contribution in [2.45, 2.75) is 39.3 Å². The minimum atomic E-state index is -0.325. The van der Waals surface area contributed by atoms with Gasteiger partial charge in [0, 0.05) is 18.7 Å². The lowest BCUT2D eigenvalue weighted by Gasteiger charge is -2.14. The summed E-state index contributed by atoms with van der Waals surface area (Å²) in [5, 5.41) is 12.4. The van der Waals surface area contributed by atoms with Crippen molar-refractivity contribution >= 4 is 0 Å². The van der Waals surface area contributed by atoms with E-state index in [0.717, 1.165) is 11.3 Å². The molecule has 2 N–H and O–H groups in total. The van der Waals surface area contributed by atoms with Crippen molar-refractivity contribution in [3.63, 3.8) is 0 Å². The molecule has 17 heavy (non-hydrogen) atoms. The van der Waals surface area contributed by atoms with Crippen molar-refractivity contribution in [3.05, 3.63) is 29.3 Å². The number of aliphatic hydroxyl groups excluding tert-OH is 1. The Morgan fingerprint density at radius 3 is 2.53 bits per heavy atom. The van der Waals surface area contributed by atoms with Gasteiger partial charge in [0.05, 0.1) is 13.2 Å². The van der Waals surface area contributed by atoms with Gasteiger partial charge in [-0.1, -0.05) is 26.0 Å². The van der Waals surface area contributed by atoms with Crippen molar-refractivity contribution in [1.29, 1.82) is 0 Å². The lowest BCUT2D eigenvalue weighted by atomic mass is 10.00. The van der Waals surface area contributed by atoms with Crippen LogP contribution in [0.15, 0.2) is 18.2 Å². The second-order valence-electron chi connectivity index (χ2n) is 4.71. The molecule has 0 saturated heterocycles. The Morgan fingerprint density at radius 2 is 2.00 bits per heavy atom. The van der Waals surface area contributed by atoms with Crippen LogP contribution in [0.4, 0.5) is 0 Å². The highest BCUT2D eigenvalue weighted by molar-refractivity contribution is 5.38. The van der Waals surface area contributed by atoms with Gasteiger partial charge in [-0.3, -0.25) is 0 Å². The number of hydrogen-bond acceptors (Lipinski definition) is 3. The first-order valence-corrected chi connectivity index (χ1v) is 6.10. The van der Waals surface area contributed by atoms with Crippen LogP contribution in [-0.2, 0) is 6.54 Å². The van der Waals surface area contributed by atoms with Gasteiger partial charge in [-0.15, -0.1) is 0 Å². The predicted molar refractivity (Wildman–Crippen MR) is 70.5 cm³/mol. The second-order valence-corrected chi connectivity index (χ2v) is 4.71. The highest BCUT2D eigenvalue weighted by Crippen LogP contribution is 2.23. The summed E-state index contributed by atoms with van der Waals surface area (Å²) < 4.78 is 5.34. The van der Waals surface area contributed by atoms with E-state index in [1.807, 2.05) is 6.07 Å². The summed E-state index contributed by atoms with van der Waals surface area (Å²) in [6, 6.07) is 6.27. The van der Waals surface area contributed by atoms with Gasteiger partial charge in [0.1, 0.15) is 5.75 Å². The van der Waals surface area contributed by atoms with Crippen LogP contribution in [-0.4, -0.2) is 24.9 Å². The Morgan fingerprint density at radius 1 is 1.29 bits per heavy atom. The predicted octanol–water partition coefficient (Wildman–Crippen LogP) is 2.29. The van der Waals surface area contributed by atoms with Gasteiger partial charge in [-0.05, 0) is 24.5 Å². The fourth-order valence-electron chi connectivity index (χ4n) is 1.71. The molecule has 0 bridgehead atoms. The molecule has 1 rings (SSSR count). The van der Waals surface area contributed by atoms with Gasteiger partial charge < -0.3 is 15.2 Å². The van der Waals surface area contributed by atoms with Crippen LogP contribution >= 0.6 is 0 Å². The van der Waals surface area contributed by atoms with Crippen LogP contribution in [0.25, 0.3) is 0 Å². The average molecular weight is 237 g/mol. The van der Waals surface area contributed by atoms with E-state index in [0.29, 0.717) is 19.0 Å². The Labute approximate surface area is 104 Å². The Bertz CT molecular complexity index is 348. The van der Waals surface area contributed by atoms with E-state index in [-0.39, 0.29) is 6.10 Å². The molecule has 0 spiro atoms. The highest BCUT2D eigenvalue weighted by Gasteiger charge is 2.07. The van der Waals surface area contributed by atoms with Crippen molar-refractivity contribution < 1.29 is 9.84 Å². The van der Waals surface area contributed by atoms with E-state index in [4.69, 9.17) is 4.74 Å². The molecule has 1 aromatic carbocycles. The standard InChI is InChI=1S/C14H23NO2/c1-10(2)12-5-6-14(17-4)13(7-12)9-15-8-11(3)16/h5-7,10-11,15-16H,8-9H2,1-4H3. The number of methoxy groups -OCH3 is 1. The molecular formula is C14H23NO2. The minimum absolute atomic E-state index is 0.325. The second kappa shape index (κ2) is 6.62. The van der Waals surface area contributed by atoms with Crippen molar-refractivity contribution in [1.82, 2.24) is 5.32 Å². The first kappa shape index (κ1) is 14.0. The van der Waals surface area contributed by atoms with E-state index in [1.54, 1.807) is 14.0 Å². The maximum atomic E-state index is 9.21. The smallest absolute Gasteiger partial charge is 0.123 e. The van der Waals surface area contributed by atoms with Crippen LogP contribution in [0.1, 0.15) is 37.8 Å². The summed E-state index contributed by atoms with van der Waals surface area (Å²) in [4.78, 5) is 0. The summed E-state index contributed by atoms with van der Waals surface area (Å²) in [6.07, 6.45) is -0.325. The molecule has 0 amide bonds. The third kappa shape index (κ3) is 4.36. The lowest BCUT2D eigenvalue weighted by molar-refractivity contribution is 0.191. The first-order valence-electron chi connectivity index (χ1n) is 6.10. The highest BCUT2D eigenvalue weighted by atomic mass is 16.5. The third-order valence-corrected chi connectivity index (χ3v) is 2.73. The van der Waals surface area contributed by atoms with Gasteiger partial charge in [-0.25, -0.2) is 0 Å². The Kier molecular flexibility index (Phi) is 5.45. The summed E-state index contributed by atoms with van der Waals surface area (Å²) in [6.45, 7) is 7.43. The van der Waals surface area contributed by atoms with Gasteiger partial charge >= 0.3 is 0 Å². The van der Waals surface area contributed by atoms with Gasteiger partial charge in [0.25, 0.3) is 0 Å². The van der Waals surface area contributed by atoms with E-state index in [2.05, 4.69) is 31.3 Å². The van der Waals surface area contributed by atoms with Crippen LogP contribution in [0.2, 0.25) is 0 Å². The van der Waals surface area contributed by atoms with Crippen molar-refractivity contribution in [2.75, 3.05) is 13.7 Å². The zero-order chi connectivity index (χ0) is 12.8. The Balaban J connectivity index is 2.75. The zero-order valence-electron chi connectivity index (χ0n) is 11.2. The number of aliphatic hydroxyl groups is 1. The molecule has 0 aliphatic rings. The van der Waals surface area contributed by atoms with Gasteiger partial charge in [0.2, 0.25) is 0 Å². The van der Waals surface area contributed by atoms with Crippen LogP contribution in [0.3, 0.4) is 0 Å². The first-order chi connectivity index (χ1) is 8.04. The van der Waals surface area contributed by atoms with Crippen molar-refractivity contribution in [3.8, 4) is 5.75 Å². The lowest BCUT2D eigenvalue weighted by Crippen LogP contribution is -2.24. The minimum Gasteiger partial charge on any atom is -0.496 e. The Hall–Kier alpha value is -1.06. The number of benzene rings is 1. The molecule has 3 nitrogen and oxygen atoms in total. The molecule has 0 radical (unpaired) electrons. The van der Waals surface area contributed by atoms with Crippen LogP contribution in [0, 0.1) is 0 Å². The largest absolute Gasteiger partial charge is 0.496 e. The third-order valence-electron chi connectivity index (χ3n) is 2.73. The molecule has 1 unspecified atom stereocenters. The zero-order valence-corrected chi connectivity index (χ0v) is 11.2. The molecule has 0 heterocycles. The number of ether oxygens (including phenoxy) is 1. The van der Waals surface area contributed by atoms with E-state index in [1.165, 1.54) is 5.56 Å². The number of rotatable bonds is 6. The average Bonchev–Trinajstić information content (AvgIpc) is 2.28. The topological polar surface area (TPSA) is 41.5 Å². The van der Waals surface area contributed by atoms with Crippen LogP contribution in [0.5, 0.6) is 5.75 Å². The maximum absolute atomic E-state index is 9.21. The molecule has 3 heteroatoms. The molecule has 1 aromatic rings. The molecule has 0 aliphatic carbocycles. The van der Waals surface area contributed by atoms with Crippen LogP contribution < -0.4 is 10.1 Å². The molecular weight excluding hydrogens is 214 g/mol. The molecule has 0 aliphatic heterocycles. The normalized spacial score (nSPS) is 12.8. The quantitative estimate of drug-likeness (QED) is 0.797. The summed E-state index contributed by atoms with van der Waals surface area (Å²) >= 11 is 0. The summed E-state index contributed by atoms with van der Waals surface area (Å²) in [5.41, 5.74) is 2.44. The number of nitrogens with one attached hydrogen (secondary N) is 1. The molecule has 0 saturated carbocycles. The fourth-order valence-corrected chi connectivity index (χ4v) is 1.71. The monoisotopic (exact) mass is 237 g/mol. The molecule has 96 valence electrons. The number of hydrogen-bond donors (Lipinski definition) is 2. The molecule has 1 atom stereocenters. The van der Waals surface area contributed by atoms with Gasteiger partial charge in [0.15, 0.2) is 0 Å². The van der Waals surface area contributed by atoms with E-state index in [9.17, 15) is 5.11 Å². The SMILES string of the molecule is COc1ccc(C(C)C)cc1CNCC(C)O. The van der Waals surface area contributed by atoms with Crippen molar-refractivity contribution in [2.24, 2.45) is 0 Å². The summed E-state index contributed by atoms with van der Waals surface area (Å²) in [7, 11) is 1.68. The van der Waals surface area contributed by atoms with E-state index >= 15 is 0 Å². The fraction of sp³-hybridized carbons (Fsp3) is 0.571. The molecule has 0 aromatic heterocycles. The van der Waals surface area contributed by atoms with E-state index < -0.39 is 0 Å². The maximum Gasteiger partial charge on any atom is 0.123 e. The van der Waals surface area contributed by atoms with Gasteiger partial charge in [-0.2, -0.15) is 0 Å². The molecule has 0 fully saturated rings. The summed E-state index contributed by atoms with van der Waals surface area (Å²) in [5.74, 6) is 1.41.